The fraction of sp³-hybridized carbons (Fsp3) is 0.421. The van der Waals surface area contributed by atoms with Crippen LogP contribution >= 0.6 is 0 Å². The van der Waals surface area contributed by atoms with Gasteiger partial charge in [-0.3, -0.25) is 4.79 Å². The molecule has 0 unspecified atom stereocenters. The molecule has 0 saturated carbocycles. The Hall–Kier alpha value is -3.66. The van der Waals surface area contributed by atoms with E-state index in [0.717, 1.165) is 24.2 Å². The van der Waals surface area contributed by atoms with Crippen LogP contribution in [0.4, 0.5) is 17.1 Å². The van der Waals surface area contributed by atoms with Crippen molar-refractivity contribution >= 4 is 28.6 Å². The van der Waals surface area contributed by atoms with E-state index in [-0.39, 0.29) is 11.5 Å². The summed E-state index contributed by atoms with van der Waals surface area (Å²) in [5, 5.41) is 14.2. The van der Waals surface area contributed by atoms with E-state index in [4.69, 9.17) is 4.99 Å². The molecule has 4 nitrogen and oxygen atoms in total. The largest absolute Gasteiger partial charge is 0.507 e. The number of allylic oxidation sites excluding steroid dienone is 2. The Morgan fingerprint density at radius 1 is 0.619 bits per heavy atom. The van der Waals surface area contributed by atoms with Crippen LogP contribution in [0.25, 0.3) is 0 Å². The zero-order valence-corrected chi connectivity index (χ0v) is 25.6. The minimum absolute atomic E-state index is 0.0565. The first kappa shape index (κ1) is 31.3. The Kier molecular flexibility index (Phi) is 12.4. The predicted octanol–water partition coefficient (Wildman–Crippen LogP) is 10.8. The number of carbonyl (C=O) groups is 1. The molecule has 2 N–H and O–H groups in total. The lowest BCUT2D eigenvalue weighted by atomic mass is 9.91. The molecular formula is C38H48N2O2. The minimum atomic E-state index is -0.142. The van der Waals surface area contributed by atoms with E-state index in [1.54, 1.807) is 24.3 Å². The molecular weight excluding hydrogens is 516 g/mol. The summed E-state index contributed by atoms with van der Waals surface area (Å²) < 4.78 is 0. The van der Waals surface area contributed by atoms with E-state index in [2.05, 4.69) is 55.6 Å². The van der Waals surface area contributed by atoms with Crippen LogP contribution in [0.1, 0.15) is 118 Å². The molecule has 0 aliphatic heterocycles. The molecule has 0 fully saturated rings. The highest BCUT2D eigenvalue weighted by atomic mass is 16.3. The lowest BCUT2D eigenvalue weighted by molar-refractivity contribution is 0.104. The molecule has 0 atom stereocenters. The van der Waals surface area contributed by atoms with Crippen molar-refractivity contribution in [1.29, 1.82) is 0 Å². The molecule has 4 heteroatoms. The number of nitrogens with zero attached hydrogens (tertiary/aromatic N) is 1. The number of benzene rings is 3. The van der Waals surface area contributed by atoms with Crippen molar-refractivity contribution < 1.29 is 9.90 Å². The summed E-state index contributed by atoms with van der Waals surface area (Å²) in [6, 6.07) is 20.2. The van der Waals surface area contributed by atoms with Gasteiger partial charge in [0.2, 0.25) is 0 Å². The third-order valence-electron chi connectivity index (χ3n) is 8.14. The predicted molar refractivity (Wildman–Crippen MR) is 178 cm³/mol. The van der Waals surface area contributed by atoms with Crippen molar-refractivity contribution in [3.8, 4) is 5.75 Å². The first-order chi connectivity index (χ1) is 20.6. The molecule has 3 aromatic carbocycles. The SMILES string of the molecule is CCCCCCCCc1ccc(N=C2C=CC(=O)c3c(Nc4ccc(CCCCCCCC)cc4)ccc(O)c32)cc1. The number of unbranched alkanes of at least 4 members (excludes halogenated alkanes) is 10. The second kappa shape index (κ2) is 16.7. The topological polar surface area (TPSA) is 61.7 Å². The number of rotatable bonds is 17. The highest BCUT2D eigenvalue weighted by molar-refractivity contribution is 6.27. The number of phenolic OH excluding ortho intramolecular Hbond substituents is 1. The van der Waals surface area contributed by atoms with Gasteiger partial charge in [-0.25, -0.2) is 4.99 Å². The number of aliphatic imine (C=N–C) groups is 1. The maximum absolute atomic E-state index is 13.0. The van der Waals surface area contributed by atoms with Gasteiger partial charge >= 0.3 is 0 Å². The Morgan fingerprint density at radius 2 is 1.17 bits per heavy atom. The van der Waals surface area contributed by atoms with E-state index >= 15 is 0 Å². The van der Waals surface area contributed by atoms with Crippen LogP contribution in [0.2, 0.25) is 0 Å². The average molecular weight is 565 g/mol. The highest BCUT2D eigenvalue weighted by Crippen LogP contribution is 2.35. The summed E-state index contributed by atoms with van der Waals surface area (Å²) in [7, 11) is 0. The molecule has 0 bridgehead atoms. The number of ketones is 1. The number of aromatic hydroxyl groups is 1. The van der Waals surface area contributed by atoms with Gasteiger partial charge in [-0.05, 0) is 85.4 Å². The van der Waals surface area contributed by atoms with E-state index in [1.165, 1.54) is 88.2 Å². The zero-order chi connectivity index (χ0) is 29.6. The molecule has 4 rings (SSSR count). The van der Waals surface area contributed by atoms with Gasteiger partial charge in [0, 0.05) is 5.69 Å². The summed E-state index contributed by atoms with van der Waals surface area (Å²) in [6.45, 7) is 4.50. The van der Waals surface area contributed by atoms with Crippen LogP contribution in [-0.2, 0) is 12.8 Å². The van der Waals surface area contributed by atoms with Crippen LogP contribution in [0.15, 0.2) is 77.8 Å². The molecule has 0 saturated heterocycles. The summed E-state index contributed by atoms with van der Waals surface area (Å²) in [5.41, 5.74) is 6.55. The first-order valence-corrected chi connectivity index (χ1v) is 16.2. The number of anilines is 2. The third-order valence-corrected chi connectivity index (χ3v) is 8.14. The normalized spacial score (nSPS) is 13.5. The van der Waals surface area contributed by atoms with Gasteiger partial charge in [0.15, 0.2) is 5.78 Å². The smallest absolute Gasteiger partial charge is 0.188 e. The van der Waals surface area contributed by atoms with Gasteiger partial charge in [0.1, 0.15) is 5.75 Å². The maximum Gasteiger partial charge on any atom is 0.188 e. The van der Waals surface area contributed by atoms with E-state index in [9.17, 15) is 9.90 Å². The van der Waals surface area contributed by atoms with Crippen molar-refractivity contribution in [3.63, 3.8) is 0 Å². The molecule has 222 valence electrons. The van der Waals surface area contributed by atoms with Crippen molar-refractivity contribution in [3.05, 3.63) is 95.1 Å². The molecule has 0 spiro atoms. The van der Waals surface area contributed by atoms with Crippen molar-refractivity contribution in [2.75, 3.05) is 5.32 Å². The van der Waals surface area contributed by atoms with Crippen molar-refractivity contribution in [2.45, 2.75) is 104 Å². The van der Waals surface area contributed by atoms with E-state index in [1.807, 2.05) is 12.1 Å². The summed E-state index contributed by atoms with van der Waals surface area (Å²) >= 11 is 0. The molecule has 42 heavy (non-hydrogen) atoms. The lowest BCUT2D eigenvalue weighted by Gasteiger charge is -2.19. The van der Waals surface area contributed by atoms with Gasteiger partial charge in [0.05, 0.1) is 28.2 Å². The lowest BCUT2D eigenvalue weighted by Crippen LogP contribution is -2.15. The standard InChI is InChI=1S/C38H48N2O2/c1-3-5-7-9-11-13-15-29-17-21-31(22-18-29)39-33-25-27-36(42)38-34(26-28-35(41)37(33)38)40-32-23-19-30(20-24-32)16-14-12-10-8-6-4-2/h17-28,39,42H,3-16H2,1-2H3. The molecule has 0 radical (unpaired) electrons. The Morgan fingerprint density at radius 3 is 1.76 bits per heavy atom. The monoisotopic (exact) mass is 564 g/mol. The fourth-order valence-corrected chi connectivity index (χ4v) is 5.63. The van der Waals surface area contributed by atoms with E-state index < -0.39 is 0 Å². The van der Waals surface area contributed by atoms with Gasteiger partial charge < -0.3 is 10.4 Å². The molecule has 3 aromatic rings. The van der Waals surface area contributed by atoms with Crippen LogP contribution in [0.3, 0.4) is 0 Å². The number of fused-ring (bicyclic) bond motifs is 1. The first-order valence-electron chi connectivity index (χ1n) is 16.2. The molecule has 1 aliphatic carbocycles. The average Bonchev–Trinajstić information content (AvgIpc) is 3.01. The van der Waals surface area contributed by atoms with Gasteiger partial charge in [0.25, 0.3) is 0 Å². The zero-order valence-electron chi connectivity index (χ0n) is 25.6. The Bertz CT molecular complexity index is 1340. The molecule has 1 aliphatic rings. The number of hydrogen-bond acceptors (Lipinski definition) is 4. The highest BCUT2D eigenvalue weighted by Gasteiger charge is 2.25. The second-order valence-electron chi connectivity index (χ2n) is 11.6. The van der Waals surface area contributed by atoms with Crippen LogP contribution < -0.4 is 5.32 Å². The van der Waals surface area contributed by atoms with Gasteiger partial charge in [-0.2, -0.15) is 0 Å². The van der Waals surface area contributed by atoms with Crippen LogP contribution in [-0.4, -0.2) is 16.6 Å². The maximum atomic E-state index is 13.0. The third kappa shape index (κ3) is 9.17. The summed E-state index contributed by atoms with van der Waals surface area (Å²) in [4.78, 5) is 17.9. The van der Waals surface area contributed by atoms with Gasteiger partial charge in [-0.1, -0.05) is 102 Å². The van der Waals surface area contributed by atoms with E-state index in [0.29, 0.717) is 22.5 Å². The minimum Gasteiger partial charge on any atom is -0.507 e. The number of hydrogen-bond donors (Lipinski definition) is 2. The summed E-state index contributed by atoms with van der Waals surface area (Å²) in [6.07, 6.45) is 20.9. The quantitative estimate of drug-likeness (QED) is 0.127. The van der Waals surface area contributed by atoms with Gasteiger partial charge in [-0.15, -0.1) is 0 Å². The summed E-state index contributed by atoms with van der Waals surface area (Å²) in [5.74, 6) is -0.0858. The fourth-order valence-electron chi connectivity index (χ4n) is 5.63. The molecule has 0 amide bonds. The number of aryl methyl sites for hydroxylation is 2. The van der Waals surface area contributed by atoms with Crippen LogP contribution in [0, 0.1) is 0 Å². The van der Waals surface area contributed by atoms with Crippen molar-refractivity contribution in [2.24, 2.45) is 4.99 Å². The molecule has 0 aromatic heterocycles. The number of carbonyl (C=O) groups excluding carboxylic acids is 1. The second-order valence-corrected chi connectivity index (χ2v) is 11.6. The van der Waals surface area contributed by atoms with Crippen LogP contribution in [0.5, 0.6) is 5.75 Å². The van der Waals surface area contributed by atoms with Crippen molar-refractivity contribution in [1.82, 2.24) is 0 Å². The Balaban J connectivity index is 1.42. The Labute approximate surface area is 253 Å². The molecule has 0 heterocycles. The number of nitrogens with one attached hydrogen (secondary N) is 1. The number of phenols is 1.